The largest absolute Gasteiger partial charge is 0.310 e. The van der Waals surface area contributed by atoms with Crippen LogP contribution in [0.5, 0.6) is 0 Å². The molecule has 0 aliphatic heterocycles. The van der Waals surface area contributed by atoms with Crippen LogP contribution in [0.2, 0.25) is 0 Å². The second kappa shape index (κ2) is 14.2. The zero-order valence-corrected chi connectivity index (χ0v) is 38.4. The van der Waals surface area contributed by atoms with Crippen molar-refractivity contribution in [3.8, 4) is 22.3 Å². The zero-order chi connectivity index (χ0) is 44.5. The second-order valence-electron chi connectivity index (χ2n) is 19.4. The van der Waals surface area contributed by atoms with Gasteiger partial charge >= 0.3 is 0 Å². The summed E-state index contributed by atoms with van der Waals surface area (Å²) < 4.78 is 1.35. The molecule has 0 amide bonds. The molecule has 0 radical (unpaired) electrons. The number of anilines is 3. The van der Waals surface area contributed by atoms with E-state index in [1.54, 1.807) is 0 Å². The molecule has 0 N–H and O–H groups in total. The lowest BCUT2D eigenvalue weighted by molar-refractivity contribution is 0.627. The van der Waals surface area contributed by atoms with Crippen LogP contribution in [0.4, 0.5) is 17.1 Å². The summed E-state index contributed by atoms with van der Waals surface area (Å²) in [5.74, 6) is 0. The molecule has 1 aromatic heterocycles. The number of aryl methyl sites for hydroxylation is 1. The number of nitrogens with zero attached hydrogens (tertiary/aromatic N) is 1. The van der Waals surface area contributed by atoms with Gasteiger partial charge in [0.25, 0.3) is 0 Å². The lowest BCUT2D eigenvalue weighted by Crippen LogP contribution is -2.44. The summed E-state index contributed by atoms with van der Waals surface area (Å²) in [6.07, 6.45) is 6.92. The van der Waals surface area contributed by atoms with Gasteiger partial charge < -0.3 is 4.90 Å². The molecule has 1 heterocycles. The minimum Gasteiger partial charge on any atom is -0.310 e. The Labute approximate surface area is 397 Å². The maximum atomic E-state index is 2.59. The predicted octanol–water partition coefficient (Wildman–Crippen LogP) is 16.7. The van der Waals surface area contributed by atoms with Gasteiger partial charge in [-0.1, -0.05) is 202 Å². The standard InChI is InChI=1S/C65H47NS/c1-63(2)52-28-12-9-24-46(52)48-38-36-45(41-58(48)63)66(44-37-39-61-51(40-44)49-26-11-18-35-60(49)67-61)59-34-17-16-32-56(59)64(42-20-5-3-6-21-42)54-30-14-15-31-55(54)65(43-22-7-4-8-23-43)53-29-13-10-25-47(53)50-27-19-33-57(64)62(50)65/h3-17,19-34,36-41H,18,35H2,1-2H3. The first-order valence-corrected chi connectivity index (χ1v) is 24.6. The van der Waals surface area contributed by atoms with Crippen molar-refractivity contribution in [3.63, 3.8) is 0 Å². The molecule has 14 rings (SSSR count). The fourth-order valence-corrected chi connectivity index (χ4v) is 14.3. The fraction of sp³-hybridized carbons (Fsp3) is 0.108. The highest BCUT2D eigenvalue weighted by Crippen LogP contribution is 2.67. The van der Waals surface area contributed by atoms with Gasteiger partial charge in [0, 0.05) is 31.8 Å². The summed E-state index contributed by atoms with van der Waals surface area (Å²) in [6, 6.07) is 81.3. The molecule has 0 fully saturated rings. The highest BCUT2D eigenvalue weighted by Gasteiger charge is 2.58. The molecule has 0 saturated carbocycles. The van der Waals surface area contributed by atoms with Gasteiger partial charge in [-0.05, 0) is 133 Å². The number of fused-ring (bicyclic) bond motifs is 11. The van der Waals surface area contributed by atoms with Crippen LogP contribution in [-0.4, -0.2) is 0 Å². The third kappa shape index (κ3) is 5.09. The van der Waals surface area contributed by atoms with Crippen molar-refractivity contribution >= 4 is 44.6 Å². The average Bonchev–Trinajstić information content (AvgIpc) is 3.99. The number of hydrogen-bond donors (Lipinski definition) is 0. The molecule has 2 atom stereocenters. The summed E-state index contributed by atoms with van der Waals surface area (Å²) in [7, 11) is 0. The van der Waals surface area contributed by atoms with Crippen LogP contribution in [0.25, 0.3) is 38.4 Å². The van der Waals surface area contributed by atoms with Crippen LogP contribution >= 0.6 is 11.3 Å². The van der Waals surface area contributed by atoms with Gasteiger partial charge in [0.2, 0.25) is 0 Å². The topological polar surface area (TPSA) is 3.24 Å². The second-order valence-corrected chi connectivity index (χ2v) is 20.5. The molecule has 1 nitrogen and oxygen atoms in total. The summed E-state index contributed by atoms with van der Waals surface area (Å²) >= 11 is 1.96. The summed E-state index contributed by atoms with van der Waals surface area (Å²) in [5.41, 5.74) is 21.9. The molecular weight excluding hydrogens is 827 g/mol. The van der Waals surface area contributed by atoms with Crippen molar-refractivity contribution in [2.45, 2.75) is 42.9 Å². The summed E-state index contributed by atoms with van der Waals surface area (Å²) in [6.45, 7) is 4.79. The van der Waals surface area contributed by atoms with E-state index in [0.717, 1.165) is 29.9 Å². The Balaban J connectivity index is 1.11. The number of benzene rings is 9. The Morgan fingerprint density at radius 3 is 1.75 bits per heavy atom. The van der Waals surface area contributed by atoms with Crippen molar-refractivity contribution in [1.82, 2.24) is 0 Å². The quantitative estimate of drug-likeness (QED) is 0.161. The van der Waals surface area contributed by atoms with Gasteiger partial charge in [-0.15, -0.1) is 11.3 Å². The molecule has 10 aromatic rings. The van der Waals surface area contributed by atoms with E-state index in [-0.39, 0.29) is 5.41 Å². The minimum absolute atomic E-state index is 0.164. The van der Waals surface area contributed by atoms with Gasteiger partial charge in [-0.25, -0.2) is 0 Å². The Hall–Kier alpha value is -7.52. The highest BCUT2D eigenvalue weighted by molar-refractivity contribution is 7.19. The fourth-order valence-electron chi connectivity index (χ4n) is 13.1. The molecule has 67 heavy (non-hydrogen) atoms. The molecule has 4 aliphatic carbocycles. The molecule has 0 spiro atoms. The molecule has 4 aliphatic rings. The van der Waals surface area contributed by atoms with Crippen molar-refractivity contribution < 1.29 is 0 Å². The van der Waals surface area contributed by atoms with E-state index in [0.29, 0.717) is 0 Å². The van der Waals surface area contributed by atoms with Crippen molar-refractivity contribution in [3.05, 3.63) is 284 Å². The van der Waals surface area contributed by atoms with Crippen molar-refractivity contribution in [2.24, 2.45) is 0 Å². The van der Waals surface area contributed by atoms with Gasteiger partial charge in [0.15, 0.2) is 0 Å². The molecular formula is C65H47NS. The average molecular weight is 874 g/mol. The third-order valence-corrected chi connectivity index (χ3v) is 17.1. The lowest BCUT2D eigenvalue weighted by Gasteiger charge is -2.50. The third-order valence-electron chi connectivity index (χ3n) is 15.9. The SMILES string of the molecule is CC1(C)c2ccccc2-c2ccc(N(c3ccc4sc5c(c4c3)C=CCC5)c3ccccc3C3(c4ccccc4)c4ccccc4C4(c5ccccc5)c5ccccc5-c5cccc3c54)cc21. The van der Waals surface area contributed by atoms with E-state index in [4.69, 9.17) is 0 Å². The summed E-state index contributed by atoms with van der Waals surface area (Å²) in [4.78, 5) is 4.08. The Morgan fingerprint density at radius 2 is 0.985 bits per heavy atom. The maximum absolute atomic E-state index is 2.59. The van der Waals surface area contributed by atoms with E-state index in [1.165, 1.54) is 98.4 Å². The highest BCUT2D eigenvalue weighted by atomic mass is 32.1. The molecule has 0 saturated heterocycles. The van der Waals surface area contributed by atoms with E-state index in [9.17, 15) is 0 Å². The van der Waals surface area contributed by atoms with Gasteiger partial charge in [-0.2, -0.15) is 0 Å². The molecule has 2 heteroatoms. The van der Waals surface area contributed by atoms with Gasteiger partial charge in [-0.3, -0.25) is 0 Å². The number of para-hydroxylation sites is 1. The van der Waals surface area contributed by atoms with E-state index in [1.807, 2.05) is 11.3 Å². The normalized spacial score (nSPS) is 18.7. The van der Waals surface area contributed by atoms with Gasteiger partial charge in [0.1, 0.15) is 0 Å². The summed E-state index contributed by atoms with van der Waals surface area (Å²) in [5, 5.41) is 1.33. The number of hydrogen-bond acceptors (Lipinski definition) is 2. The lowest BCUT2D eigenvalue weighted by atomic mass is 9.51. The maximum Gasteiger partial charge on any atom is 0.0728 e. The van der Waals surface area contributed by atoms with Crippen LogP contribution in [0.1, 0.15) is 86.3 Å². The number of rotatable bonds is 6. The minimum atomic E-state index is -0.723. The van der Waals surface area contributed by atoms with Crippen LogP contribution in [0.15, 0.2) is 218 Å². The number of allylic oxidation sites excluding steroid dienone is 1. The molecule has 9 aromatic carbocycles. The first kappa shape index (κ1) is 38.7. The van der Waals surface area contributed by atoms with Crippen LogP contribution in [-0.2, 0) is 22.7 Å². The van der Waals surface area contributed by atoms with Crippen LogP contribution in [0.3, 0.4) is 0 Å². The van der Waals surface area contributed by atoms with Gasteiger partial charge in [0.05, 0.1) is 16.5 Å². The zero-order valence-electron chi connectivity index (χ0n) is 37.6. The van der Waals surface area contributed by atoms with Crippen LogP contribution < -0.4 is 4.90 Å². The van der Waals surface area contributed by atoms with E-state index in [2.05, 4.69) is 243 Å². The number of thiophene rings is 1. The Kier molecular flexibility index (Phi) is 8.23. The predicted molar refractivity (Wildman–Crippen MR) is 281 cm³/mol. The monoisotopic (exact) mass is 873 g/mol. The molecule has 318 valence electrons. The first-order chi connectivity index (χ1) is 33.0. The molecule has 2 unspecified atom stereocenters. The van der Waals surface area contributed by atoms with Crippen molar-refractivity contribution in [2.75, 3.05) is 4.90 Å². The van der Waals surface area contributed by atoms with Crippen molar-refractivity contribution in [1.29, 1.82) is 0 Å². The van der Waals surface area contributed by atoms with Crippen LogP contribution in [0, 0.1) is 0 Å². The first-order valence-electron chi connectivity index (χ1n) is 23.8. The van der Waals surface area contributed by atoms with E-state index < -0.39 is 10.8 Å². The van der Waals surface area contributed by atoms with E-state index >= 15 is 0 Å². The Bertz CT molecular complexity index is 3690. The smallest absolute Gasteiger partial charge is 0.0728 e. The Morgan fingerprint density at radius 1 is 0.433 bits per heavy atom. The molecule has 0 bridgehead atoms.